The number of rotatable bonds is 5. The van der Waals surface area contributed by atoms with Crippen LogP contribution in [0.3, 0.4) is 0 Å². The second-order valence-corrected chi connectivity index (χ2v) is 5.39. The van der Waals surface area contributed by atoms with Gasteiger partial charge in [-0.2, -0.15) is 5.26 Å². The van der Waals surface area contributed by atoms with Crippen molar-refractivity contribution in [3.05, 3.63) is 0 Å². The van der Waals surface area contributed by atoms with Crippen molar-refractivity contribution < 1.29 is 9.59 Å². The maximum absolute atomic E-state index is 11.9. The minimum Gasteiger partial charge on any atom is -0.369 e. The number of likely N-dealkylation sites (tertiary alicyclic amines) is 1. The average molecular weight is 266 g/mol. The highest BCUT2D eigenvalue weighted by molar-refractivity contribution is 5.80. The fraction of sp³-hybridized carbons (Fsp3) is 0.769. The second kappa shape index (κ2) is 6.53. The Morgan fingerprint density at radius 1 is 1.47 bits per heavy atom. The van der Waals surface area contributed by atoms with Crippen molar-refractivity contribution in [1.29, 1.82) is 5.26 Å². The van der Waals surface area contributed by atoms with Crippen molar-refractivity contribution >= 4 is 11.8 Å². The van der Waals surface area contributed by atoms with E-state index in [-0.39, 0.29) is 18.2 Å². The summed E-state index contributed by atoms with van der Waals surface area (Å²) in [6, 6.07) is 2.23. The van der Waals surface area contributed by atoms with Gasteiger partial charge >= 0.3 is 0 Å². The third-order valence-electron chi connectivity index (χ3n) is 3.72. The summed E-state index contributed by atoms with van der Waals surface area (Å²) in [6.07, 6.45) is 1.92. The summed E-state index contributed by atoms with van der Waals surface area (Å²) in [5.41, 5.74) is 4.39. The van der Waals surface area contributed by atoms with Crippen LogP contribution in [-0.4, -0.2) is 42.4 Å². The summed E-state index contributed by atoms with van der Waals surface area (Å²) < 4.78 is 0. The van der Waals surface area contributed by atoms with E-state index in [0.29, 0.717) is 19.3 Å². The molecule has 2 amide bonds. The number of nitrogens with zero attached hydrogens (tertiary/aromatic N) is 2. The van der Waals surface area contributed by atoms with E-state index in [4.69, 9.17) is 5.73 Å². The van der Waals surface area contributed by atoms with Crippen LogP contribution in [0.15, 0.2) is 0 Å². The fourth-order valence-electron chi connectivity index (χ4n) is 2.08. The second-order valence-electron chi connectivity index (χ2n) is 5.39. The molecule has 1 atom stereocenters. The molecule has 1 unspecified atom stereocenters. The monoisotopic (exact) mass is 266 g/mol. The van der Waals surface area contributed by atoms with Crippen LogP contribution in [-0.2, 0) is 9.59 Å². The van der Waals surface area contributed by atoms with Gasteiger partial charge in [0, 0.05) is 25.4 Å². The van der Waals surface area contributed by atoms with Gasteiger partial charge in [0.25, 0.3) is 0 Å². The fourth-order valence-corrected chi connectivity index (χ4v) is 2.08. The number of carbonyl (C=O) groups is 2. The van der Waals surface area contributed by atoms with Gasteiger partial charge in [-0.05, 0) is 26.3 Å². The van der Waals surface area contributed by atoms with E-state index in [0.717, 1.165) is 13.1 Å². The third kappa shape index (κ3) is 4.52. The minimum absolute atomic E-state index is 0.181. The Balaban J connectivity index is 2.46. The number of primary amides is 1. The maximum atomic E-state index is 11.9. The van der Waals surface area contributed by atoms with Crippen molar-refractivity contribution in [3.63, 3.8) is 0 Å². The van der Waals surface area contributed by atoms with Crippen molar-refractivity contribution in [3.8, 4) is 6.07 Å². The summed E-state index contributed by atoms with van der Waals surface area (Å²) in [5.74, 6) is -0.900. The van der Waals surface area contributed by atoms with Crippen LogP contribution in [0.1, 0.15) is 32.6 Å². The van der Waals surface area contributed by atoms with Gasteiger partial charge in [0.1, 0.15) is 5.54 Å². The first-order valence-electron chi connectivity index (χ1n) is 6.59. The minimum atomic E-state index is -0.750. The molecule has 106 valence electrons. The predicted molar refractivity (Wildman–Crippen MR) is 70.8 cm³/mol. The lowest BCUT2D eigenvalue weighted by molar-refractivity contribution is -0.124. The first-order chi connectivity index (χ1) is 8.88. The lowest BCUT2D eigenvalue weighted by Gasteiger charge is -2.36. The molecule has 1 fully saturated rings. The molecular weight excluding hydrogens is 244 g/mol. The van der Waals surface area contributed by atoms with E-state index in [1.165, 1.54) is 0 Å². The predicted octanol–water partition coefficient (Wildman–Crippen LogP) is -0.00782. The molecule has 1 saturated heterocycles. The molecule has 0 spiro atoms. The Bertz CT molecular complexity index is 381. The zero-order chi connectivity index (χ0) is 14.5. The smallest absolute Gasteiger partial charge is 0.221 e. The zero-order valence-electron chi connectivity index (χ0n) is 11.6. The van der Waals surface area contributed by atoms with Crippen LogP contribution >= 0.6 is 0 Å². The van der Waals surface area contributed by atoms with Gasteiger partial charge in [-0.25, -0.2) is 0 Å². The molecule has 0 radical (unpaired) electrons. The van der Waals surface area contributed by atoms with E-state index in [1.807, 2.05) is 7.05 Å². The number of nitrogens with one attached hydrogen (secondary N) is 1. The molecule has 0 aromatic rings. The van der Waals surface area contributed by atoms with Crippen molar-refractivity contribution in [1.82, 2.24) is 10.2 Å². The van der Waals surface area contributed by atoms with E-state index in [2.05, 4.69) is 16.3 Å². The molecule has 0 aromatic heterocycles. The highest BCUT2D eigenvalue weighted by Crippen LogP contribution is 2.21. The van der Waals surface area contributed by atoms with Gasteiger partial charge in [-0.3, -0.25) is 9.59 Å². The molecule has 1 heterocycles. The summed E-state index contributed by atoms with van der Waals surface area (Å²) in [4.78, 5) is 24.9. The highest BCUT2D eigenvalue weighted by atomic mass is 16.2. The topological polar surface area (TPSA) is 99.2 Å². The van der Waals surface area contributed by atoms with Gasteiger partial charge in [-0.15, -0.1) is 0 Å². The SMILES string of the molecule is CC(CCC(=O)NC1(C#N)CCN(C)CC1)C(N)=O. The summed E-state index contributed by atoms with van der Waals surface area (Å²) in [7, 11) is 2.00. The number of piperidine rings is 1. The maximum Gasteiger partial charge on any atom is 0.221 e. The molecular formula is C13H22N4O2. The molecule has 1 rings (SSSR count). The number of nitriles is 1. The molecule has 6 nitrogen and oxygen atoms in total. The van der Waals surface area contributed by atoms with Crippen LogP contribution in [0.5, 0.6) is 0 Å². The molecule has 1 aliphatic heterocycles. The van der Waals surface area contributed by atoms with Crippen molar-refractivity contribution in [2.75, 3.05) is 20.1 Å². The standard InChI is InChI=1S/C13H22N4O2/c1-10(12(15)19)3-4-11(18)16-13(9-14)5-7-17(2)8-6-13/h10H,3-8H2,1-2H3,(H2,15,19)(H,16,18). The zero-order valence-corrected chi connectivity index (χ0v) is 11.6. The van der Waals surface area contributed by atoms with E-state index < -0.39 is 11.4 Å². The number of nitrogens with two attached hydrogens (primary N) is 1. The Morgan fingerprint density at radius 3 is 2.53 bits per heavy atom. The molecule has 3 N–H and O–H groups in total. The summed E-state index contributed by atoms with van der Waals surface area (Å²) >= 11 is 0. The van der Waals surface area contributed by atoms with Crippen LogP contribution in [0.4, 0.5) is 0 Å². The summed E-state index contributed by atoms with van der Waals surface area (Å²) in [6.45, 7) is 3.29. The van der Waals surface area contributed by atoms with E-state index in [1.54, 1.807) is 6.92 Å². The van der Waals surface area contributed by atoms with Crippen LogP contribution in [0.25, 0.3) is 0 Å². The van der Waals surface area contributed by atoms with Crippen LogP contribution < -0.4 is 11.1 Å². The Morgan fingerprint density at radius 2 is 2.05 bits per heavy atom. The number of hydrogen-bond acceptors (Lipinski definition) is 4. The van der Waals surface area contributed by atoms with Gasteiger partial charge in [0.05, 0.1) is 6.07 Å². The van der Waals surface area contributed by atoms with E-state index in [9.17, 15) is 14.9 Å². The first-order valence-corrected chi connectivity index (χ1v) is 6.59. The van der Waals surface area contributed by atoms with Crippen molar-refractivity contribution in [2.45, 2.75) is 38.1 Å². The van der Waals surface area contributed by atoms with Crippen LogP contribution in [0.2, 0.25) is 0 Å². The Hall–Kier alpha value is -1.61. The highest BCUT2D eigenvalue weighted by Gasteiger charge is 2.35. The van der Waals surface area contributed by atoms with Crippen molar-refractivity contribution in [2.24, 2.45) is 11.7 Å². The molecule has 1 aliphatic rings. The lowest BCUT2D eigenvalue weighted by Crippen LogP contribution is -2.53. The largest absolute Gasteiger partial charge is 0.369 e. The average Bonchev–Trinajstić information content (AvgIpc) is 2.39. The van der Waals surface area contributed by atoms with Gasteiger partial charge < -0.3 is 16.0 Å². The normalized spacial score (nSPS) is 20.3. The molecule has 0 saturated carbocycles. The number of hydrogen-bond donors (Lipinski definition) is 2. The summed E-state index contributed by atoms with van der Waals surface area (Å²) in [5, 5.41) is 12.1. The molecule has 0 aliphatic carbocycles. The third-order valence-corrected chi connectivity index (χ3v) is 3.72. The molecule has 19 heavy (non-hydrogen) atoms. The van der Waals surface area contributed by atoms with Crippen LogP contribution in [0, 0.1) is 17.2 Å². The van der Waals surface area contributed by atoms with Gasteiger partial charge in [0.2, 0.25) is 11.8 Å². The van der Waals surface area contributed by atoms with E-state index >= 15 is 0 Å². The quantitative estimate of drug-likeness (QED) is 0.731. The van der Waals surface area contributed by atoms with Gasteiger partial charge in [-0.1, -0.05) is 6.92 Å². The number of amides is 2. The molecule has 0 aromatic carbocycles. The number of carbonyl (C=O) groups excluding carboxylic acids is 2. The first kappa shape index (κ1) is 15.4. The Labute approximate surface area is 113 Å². The molecule has 0 bridgehead atoms. The van der Waals surface area contributed by atoms with Gasteiger partial charge in [0.15, 0.2) is 0 Å². The Kier molecular flexibility index (Phi) is 5.31. The lowest BCUT2D eigenvalue weighted by atomic mass is 9.89. The molecule has 6 heteroatoms.